The highest BCUT2D eigenvalue weighted by Gasteiger charge is 2.09. The zero-order valence-corrected chi connectivity index (χ0v) is 13.3. The number of nitrogens with zero attached hydrogens (tertiary/aromatic N) is 2. The fourth-order valence-corrected chi connectivity index (χ4v) is 2.98. The second-order valence-corrected chi connectivity index (χ2v) is 6.02. The lowest BCUT2D eigenvalue weighted by molar-refractivity contribution is 0.0952. The maximum atomic E-state index is 12.2. The number of amides is 1. The number of hydrogen-bond donors (Lipinski definition) is 2. The van der Waals surface area contributed by atoms with Gasteiger partial charge in [-0.3, -0.25) is 19.0 Å². The van der Waals surface area contributed by atoms with Gasteiger partial charge in [0, 0.05) is 19.3 Å². The van der Waals surface area contributed by atoms with Crippen LogP contribution in [0.5, 0.6) is 0 Å². The molecule has 3 heterocycles. The first kappa shape index (κ1) is 15.4. The summed E-state index contributed by atoms with van der Waals surface area (Å²) in [5, 5.41) is 4.42. The number of hydrogen-bond acceptors (Lipinski definition) is 5. The van der Waals surface area contributed by atoms with Crippen molar-refractivity contribution in [1.29, 1.82) is 0 Å². The second-order valence-electron chi connectivity index (χ2n) is 4.70. The molecule has 0 aliphatic carbocycles. The van der Waals surface area contributed by atoms with Gasteiger partial charge in [-0.1, -0.05) is 11.6 Å². The number of nitrogens with one attached hydrogen (secondary N) is 2. The number of rotatable bonds is 4. The van der Waals surface area contributed by atoms with Crippen molar-refractivity contribution in [2.24, 2.45) is 0 Å². The summed E-state index contributed by atoms with van der Waals surface area (Å²) in [6, 6.07) is 3.08. The smallest absolute Gasteiger partial charge is 0.271 e. The van der Waals surface area contributed by atoms with Gasteiger partial charge in [-0.05, 0) is 17.5 Å². The Morgan fingerprint density at radius 2 is 2.26 bits per heavy atom. The molecule has 0 unspecified atom stereocenters. The molecule has 1 amide bonds. The van der Waals surface area contributed by atoms with Crippen molar-refractivity contribution in [3.63, 3.8) is 0 Å². The molecule has 7 nitrogen and oxygen atoms in total. The average molecular weight is 351 g/mol. The van der Waals surface area contributed by atoms with Crippen LogP contribution in [0.25, 0.3) is 10.2 Å². The fourth-order valence-electron chi connectivity index (χ4n) is 2.02. The monoisotopic (exact) mass is 350 g/mol. The van der Waals surface area contributed by atoms with E-state index in [1.165, 1.54) is 34.5 Å². The van der Waals surface area contributed by atoms with Crippen LogP contribution in [0.4, 0.5) is 0 Å². The molecule has 0 aliphatic rings. The summed E-state index contributed by atoms with van der Waals surface area (Å²) in [5.74, 6) is -0.388. The van der Waals surface area contributed by atoms with Crippen molar-refractivity contribution < 1.29 is 4.79 Å². The quantitative estimate of drug-likeness (QED) is 0.739. The van der Waals surface area contributed by atoms with Crippen LogP contribution in [0.2, 0.25) is 5.02 Å². The predicted molar refractivity (Wildman–Crippen MR) is 88.3 cm³/mol. The van der Waals surface area contributed by atoms with Crippen molar-refractivity contribution in [2.45, 2.75) is 6.54 Å². The Balaban J connectivity index is 1.67. The fraction of sp³-hybridized carbons (Fsp3) is 0.143. The lowest BCUT2D eigenvalue weighted by Gasteiger charge is -2.07. The maximum absolute atomic E-state index is 12.2. The van der Waals surface area contributed by atoms with Crippen LogP contribution in [0.15, 0.2) is 39.6 Å². The van der Waals surface area contributed by atoms with Gasteiger partial charge < -0.3 is 10.3 Å². The highest BCUT2D eigenvalue weighted by molar-refractivity contribution is 7.17. The van der Waals surface area contributed by atoms with E-state index in [0.29, 0.717) is 16.8 Å². The van der Waals surface area contributed by atoms with E-state index in [1.807, 2.05) is 5.38 Å². The highest BCUT2D eigenvalue weighted by Crippen LogP contribution is 2.12. The van der Waals surface area contributed by atoms with Crippen LogP contribution in [0, 0.1) is 0 Å². The van der Waals surface area contributed by atoms with E-state index in [-0.39, 0.29) is 28.6 Å². The standard InChI is InChI=1S/C14H11ClN4O3S/c15-9-5-8(6-17-13(9)21)12(20)16-2-3-19-7-18-10-1-4-23-11(10)14(19)22/h1,4-7H,2-3H2,(H,16,20)(H,17,21). The molecule has 23 heavy (non-hydrogen) atoms. The van der Waals surface area contributed by atoms with E-state index in [2.05, 4.69) is 15.3 Å². The maximum Gasteiger partial charge on any atom is 0.271 e. The lowest BCUT2D eigenvalue weighted by Crippen LogP contribution is -2.31. The number of carbonyl (C=O) groups excluding carboxylic acids is 1. The molecule has 3 aromatic rings. The van der Waals surface area contributed by atoms with Crippen LogP contribution in [-0.2, 0) is 6.54 Å². The minimum absolute atomic E-state index is 0.0544. The first-order chi connectivity index (χ1) is 11.1. The number of aromatic nitrogens is 3. The largest absolute Gasteiger partial charge is 0.350 e. The molecule has 0 aliphatic heterocycles. The molecule has 0 spiro atoms. The average Bonchev–Trinajstić information content (AvgIpc) is 3.01. The first-order valence-corrected chi connectivity index (χ1v) is 7.91. The summed E-state index contributed by atoms with van der Waals surface area (Å²) in [7, 11) is 0. The van der Waals surface area contributed by atoms with Gasteiger partial charge in [0.05, 0.1) is 17.4 Å². The van der Waals surface area contributed by atoms with Crippen molar-refractivity contribution in [2.75, 3.05) is 6.54 Å². The summed E-state index contributed by atoms with van der Waals surface area (Å²) >= 11 is 7.01. The molecule has 9 heteroatoms. The number of H-pyrrole nitrogens is 1. The number of carbonyl (C=O) groups is 1. The number of halogens is 1. The van der Waals surface area contributed by atoms with Crippen LogP contribution < -0.4 is 16.4 Å². The van der Waals surface area contributed by atoms with Gasteiger partial charge in [0.1, 0.15) is 9.72 Å². The molecule has 3 aromatic heterocycles. The third-order valence-corrected chi connectivity index (χ3v) is 4.37. The molecule has 0 bridgehead atoms. The SMILES string of the molecule is O=C(NCCn1cnc2ccsc2c1=O)c1c[nH]c(=O)c(Cl)c1. The molecular formula is C14H11ClN4O3S. The summed E-state index contributed by atoms with van der Waals surface area (Å²) in [5.41, 5.74) is 0.327. The molecule has 0 fully saturated rings. The molecule has 0 saturated heterocycles. The normalized spacial score (nSPS) is 10.8. The Morgan fingerprint density at radius 3 is 3.04 bits per heavy atom. The third-order valence-electron chi connectivity index (χ3n) is 3.19. The van der Waals surface area contributed by atoms with E-state index >= 15 is 0 Å². The van der Waals surface area contributed by atoms with E-state index in [9.17, 15) is 14.4 Å². The van der Waals surface area contributed by atoms with Gasteiger partial charge >= 0.3 is 0 Å². The molecule has 3 rings (SSSR count). The number of pyridine rings is 1. The minimum atomic E-state index is -0.454. The van der Waals surface area contributed by atoms with Crippen LogP contribution in [0.3, 0.4) is 0 Å². The van der Waals surface area contributed by atoms with Crippen molar-refractivity contribution in [1.82, 2.24) is 19.9 Å². The molecular weight excluding hydrogens is 340 g/mol. The summed E-state index contributed by atoms with van der Waals surface area (Å²) in [6.45, 7) is 0.538. The van der Waals surface area contributed by atoms with Gasteiger partial charge in [-0.25, -0.2) is 4.98 Å². The molecule has 2 N–H and O–H groups in total. The van der Waals surface area contributed by atoms with Crippen LogP contribution in [0.1, 0.15) is 10.4 Å². The minimum Gasteiger partial charge on any atom is -0.350 e. The highest BCUT2D eigenvalue weighted by atomic mass is 35.5. The van der Waals surface area contributed by atoms with Crippen LogP contribution >= 0.6 is 22.9 Å². The molecule has 0 radical (unpaired) electrons. The second kappa shape index (κ2) is 6.35. The zero-order valence-electron chi connectivity index (χ0n) is 11.7. The van der Waals surface area contributed by atoms with Crippen LogP contribution in [-0.4, -0.2) is 27.0 Å². The Hall–Kier alpha value is -2.45. The first-order valence-electron chi connectivity index (χ1n) is 6.65. The van der Waals surface area contributed by atoms with Crippen molar-refractivity contribution in [3.05, 3.63) is 61.3 Å². The Bertz CT molecular complexity index is 991. The van der Waals surface area contributed by atoms with Gasteiger partial charge in [-0.2, -0.15) is 0 Å². The molecule has 0 atom stereocenters. The van der Waals surface area contributed by atoms with Crippen molar-refractivity contribution in [3.8, 4) is 0 Å². The molecule has 0 aromatic carbocycles. The van der Waals surface area contributed by atoms with Gasteiger partial charge in [0.15, 0.2) is 0 Å². The topological polar surface area (TPSA) is 96.8 Å². The zero-order chi connectivity index (χ0) is 16.4. The van der Waals surface area contributed by atoms with Gasteiger partial charge in [0.2, 0.25) is 0 Å². The van der Waals surface area contributed by atoms with Crippen molar-refractivity contribution >= 4 is 39.1 Å². The van der Waals surface area contributed by atoms with E-state index in [1.54, 1.807) is 6.07 Å². The molecule has 118 valence electrons. The summed E-state index contributed by atoms with van der Waals surface area (Å²) in [6.07, 6.45) is 2.75. The van der Waals surface area contributed by atoms with E-state index in [0.717, 1.165) is 0 Å². The summed E-state index contributed by atoms with van der Waals surface area (Å²) < 4.78 is 2.03. The predicted octanol–water partition coefficient (Wildman–Crippen LogP) is 1.23. The number of fused-ring (bicyclic) bond motifs is 1. The Labute approximate surface area is 138 Å². The molecule has 0 saturated carbocycles. The lowest BCUT2D eigenvalue weighted by atomic mass is 10.2. The Morgan fingerprint density at radius 1 is 1.43 bits per heavy atom. The van der Waals surface area contributed by atoms with E-state index < -0.39 is 5.56 Å². The van der Waals surface area contributed by atoms with Gasteiger partial charge in [0.25, 0.3) is 17.0 Å². The number of thiophene rings is 1. The number of aromatic amines is 1. The van der Waals surface area contributed by atoms with E-state index in [4.69, 9.17) is 11.6 Å². The summed E-state index contributed by atoms with van der Waals surface area (Å²) in [4.78, 5) is 41.8. The Kier molecular flexibility index (Phi) is 4.26. The van der Waals surface area contributed by atoms with Gasteiger partial charge in [-0.15, -0.1) is 11.3 Å². The third kappa shape index (κ3) is 3.17.